The number of hydrogen-bond donors (Lipinski definition) is 1. The first kappa shape index (κ1) is 35.6. The minimum absolute atomic E-state index is 0. The lowest BCUT2D eigenvalue weighted by Gasteiger charge is -2.35. The number of amides is 2. The largest absolute Gasteiger partial charge is 0.371 e. The number of pyridine rings is 2. The molecular formula is C30H48Cl2N6O2. The first-order valence-electron chi connectivity index (χ1n) is 13.9. The molecule has 4 rings (SSSR count). The molecule has 1 N–H and O–H groups in total. The van der Waals surface area contributed by atoms with Crippen LogP contribution in [0.2, 0.25) is 5.02 Å². The molecule has 2 aliphatic heterocycles. The summed E-state index contributed by atoms with van der Waals surface area (Å²) in [7, 11) is 3.77. The Morgan fingerprint density at radius 2 is 1.35 bits per heavy atom. The van der Waals surface area contributed by atoms with Crippen LogP contribution in [0.15, 0.2) is 36.7 Å². The maximum atomic E-state index is 11.2. The lowest BCUT2D eigenvalue weighted by atomic mass is 9.96. The van der Waals surface area contributed by atoms with E-state index in [0.29, 0.717) is 11.8 Å². The first-order chi connectivity index (χ1) is 18.5. The van der Waals surface area contributed by atoms with Gasteiger partial charge in [0.25, 0.3) is 0 Å². The highest BCUT2D eigenvalue weighted by atomic mass is 35.5. The van der Waals surface area contributed by atoms with Crippen LogP contribution in [0.1, 0.15) is 50.9 Å². The van der Waals surface area contributed by atoms with Crippen LogP contribution in [0, 0.1) is 25.7 Å². The van der Waals surface area contributed by atoms with Crippen LogP contribution in [0.25, 0.3) is 0 Å². The molecule has 0 radical (unpaired) electrons. The smallest absolute Gasteiger partial charge is 0.219 e. The first-order valence-corrected chi connectivity index (χ1v) is 14.3. The molecule has 0 aromatic carbocycles. The van der Waals surface area contributed by atoms with Gasteiger partial charge in [0.2, 0.25) is 11.8 Å². The summed E-state index contributed by atoms with van der Waals surface area (Å²) in [6.45, 7) is 13.4. The monoisotopic (exact) mass is 594 g/mol. The molecule has 224 valence electrons. The molecule has 10 heteroatoms. The number of rotatable bonds is 5. The van der Waals surface area contributed by atoms with E-state index in [1.807, 2.05) is 50.0 Å². The van der Waals surface area contributed by atoms with E-state index in [1.165, 1.54) is 18.5 Å². The van der Waals surface area contributed by atoms with Gasteiger partial charge in [-0.25, -0.2) is 0 Å². The fourth-order valence-corrected chi connectivity index (χ4v) is 4.92. The van der Waals surface area contributed by atoms with E-state index in [9.17, 15) is 9.59 Å². The van der Waals surface area contributed by atoms with E-state index < -0.39 is 0 Å². The van der Waals surface area contributed by atoms with E-state index in [2.05, 4.69) is 32.3 Å². The highest BCUT2D eigenvalue weighted by molar-refractivity contribution is 6.30. The van der Waals surface area contributed by atoms with Crippen molar-refractivity contribution in [3.8, 4) is 0 Å². The minimum atomic E-state index is 0. The second kappa shape index (κ2) is 18.8. The van der Waals surface area contributed by atoms with Crippen molar-refractivity contribution in [1.82, 2.24) is 25.1 Å². The Balaban J connectivity index is 0.000000326. The normalized spacial score (nSPS) is 15.4. The minimum Gasteiger partial charge on any atom is -0.371 e. The Morgan fingerprint density at radius 3 is 1.77 bits per heavy atom. The average molecular weight is 596 g/mol. The van der Waals surface area contributed by atoms with Crippen molar-refractivity contribution in [3.05, 3.63) is 53.1 Å². The third-order valence-corrected chi connectivity index (χ3v) is 7.55. The zero-order valence-electron chi connectivity index (χ0n) is 25.0. The van der Waals surface area contributed by atoms with Crippen molar-refractivity contribution in [1.29, 1.82) is 0 Å². The second-order valence-corrected chi connectivity index (χ2v) is 11.1. The summed E-state index contributed by atoms with van der Waals surface area (Å²) in [5.74, 6) is 1.67. The van der Waals surface area contributed by atoms with Crippen molar-refractivity contribution >= 4 is 41.5 Å². The topological polar surface area (TPSA) is 81.7 Å². The Morgan fingerprint density at radius 1 is 0.875 bits per heavy atom. The summed E-state index contributed by atoms with van der Waals surface area (Å²) < 4.78 is 0. The molecule has 2 amide bonds. The number of nitrogens with one attached hydrogen (secondary N) is 1. The van der Waals surface area contributed by atoms with Gasteiger partial charge >= 0.3 is 0 Å². The maximum Gasteiger partial charge on any atom is 0.219 e. The third kappa shape index (κ3) is 13.8. The van der Waals surface area contributed by atoms with E-state index in [-0.39, 0.29) is 24.2 Å². The van der Waals surface area contributed by atoms with Crippen LogP contribution >= 0.6 is 24.0 Å². The van der Waals surface area contributed by atoms with Crippen LogP contribution < -0.4 is 10.2 Å². The summed E-state index contributed by atoms with van der Waals surface area (Å²) in [4.78, 5) is 36.4. The number of halogens is 2. The van der Waals surface area contributed by atoms with Crippen LogP contribution in [-0.4, -0.2) is 84.9 Å². The number of piperidine rings is 2. The molecule has 0 aliphatic carbocycles. The number of carbonyl (C=O) groups excluding carboxylic acids is 2. The molecule has 2 fully saturated rings. The number of hydrogen-bond acceptors (Lipinski definition) is 6. The summed E-state index contributed by atoms with van der Waals surface area (Å²) in [6.07, 6.45) is 8.28. The number of nitrogens with zero attached hydrogens (tertiary/aromatic N) is 5. The van der Waals surface area contributed by atoms with Gasteiger partial charge in [0.05, 0.1) is 0 Å². The van der Waals surface area contributed by atoms with Crippen molar-refractivity contribution in [2.24, 2.45) is 11.8 Å². The van der Waals surface area contributed by atoms with Gasteiger partial charge in [0.15, 0.2) is 0 Å². The summed E-state index contributed by atoms with van der Waals surface area (Å²) in [5.41, 5.74) is 3.29. The molecule has 0 atom stereocenters. The van der Waals surface area contributed by atoms with E-state index in [0.717, 1.165) is 68.5 Å². The fourth-order valence-electron chi connectivity index (χ4n) is 4.71. The summed E-state index contributed by atoms with van der Waals surface area (Å²) in [6, 6.07) is 7.80. The quantitative estimate of drug-likeness (QED) is 0.524. The van der Waals surface area contributed by atoms with Gasteiger partial charge in [-0.1, -0.05) is 11.6 Å². The van der Waals surface area contributed by atoms with Gasteiger partial charge in [-0.15, -0.1) is 12.4 Å². The zero-order chi connectivity index (χ0) is 28.8. The molecule has 0 saturated carbocycles. The summed E-state index contributed by atoms with van der Waals surface area (Å²) in [5, 5.41) is 4.06. The third-order valence-electron chi connectivity index (χ3n) is 7.32. The van der Waals surface area contributed by atoms with Gasteiger partial charge in [0.1, 0.15) is 0 Å². The number of aryl methyl sites for hydroxylation is 2. The molecular weight excluding hydrogens is 547 g/mol. The zero-order valence-corrected chi connectivity index (χ0v) is 26.6. The predicted molar refractivity (Wildman–Crippen MR) is 167 cm³/mol. The number of carbonyl (C=O) groups is 2. The molecule has 40 heavy (non-hydrogen) atoms. The standard InChI is InChI=1S/C15H23N3O.C9H18N2O.C6H6ClN.ClH/c1-12-10-15(4-7-16-12)18-8-5-14(6-9-18)11-17(3)13(2)19;1-8(12)11(2)7-9-3-5-10-6-4-9;1-5-4-6(7)2-3-8-5;/h4,7,10,14H,5-6,8-9,11H2,1-3H3;9-10H,3-7H2,1-2H3;2-4H,1H3;1H. The highest BCUT2D eigenvalue weighted by Crippen LogP contribution is 2.24. The van der Waals surface area contributed by atoms with Crippen molar-refractivity contribution in [2.75, 3.05) is 58.3 Å². The Bertz CT molecular complexity index is 1010. The molecule has 0 bridgehead atoms. The van der Waals surface area contributed by atoms with Crippen LogP contribution in [0.4, 0.5) is 5.69 Å². The average Bonchev–Trinajstić information content (AvgIpc) is 2.90. The van der Waals surface area contributed by atoms with Crippen molar-refractivity contribution in [2.45, 2.75) is 53.4 Å². The molecule has 8 nitrogen and oxygen atoms in total. The van der Waals surface area contributed by atoms with Crippen LogP contribution in [-0.2, 0) is 9.59 Å². The Kier molecular flexibility index (Phi) is 16.8. The molecule has 4 heterocycles. The molecule has 0 spiro atoms. The highest BCUT2D eigenvalue weighted by Gasteiger charge is 2.21. The lowest BCUT2D eigenvalue weighted by molar-refractivity contribution is -0.129. The van der Waals surface area contributed by atoms with Gasteiger partial charge in [-0.2, -0.15) is 0 Å². The number of anilines is 1. The molecule has 2 aliphatic rings. The number of aromatic nitrogens is 2. The van der Waals surface area contributed by atoms with E-state index in [1.54, 1.807) is 26.1 Å². The van der Waals surface area contributed by atoms with Gasteiger partial charge in [0, 0.05) is 88.6 Å². The summed E-state index contributed by atoms with van der Waals surface area (Å²) >= 11 is 5.60. The van der Waals surface area contributed by atoms with Crippen LogP contribution in [0.3, 0.4) is 0 Å². The van der Waals surface area contributed by atoms with Gasteiger partial charge in [-0.05, 0) is 88.7 Å². The van der Waals surface area contributed by atoms with Gasteiger partial charge in [-0.3, -0.25) is 19.6 Å². The Hall–Kier alpha value is -2.42. The van der Waals surface area contributed by atoms with Crippen LogP contribution in [0.5, 0.6) is 0 Å². The molecule has 2 saturated heterocycles. The predicted octanol–water partition coefficient (Wildman–Crippen LogP) is 5.01. The van der Waals surface area contributed by atoms with Crippen molar-refractivity contribution < 1.29 is 9.59 Å². The molecule has 2 aromatic rings. The lowest BCUT2D eigenvalue weighted by Crippen LogP contribution is -2.38. The molecule has 0 unspecified atom stereocenters. The van der Waals surface area contributed by atoms with Crippen molar-refractivity contribution in [3.63, 3.8) is 0 Å². The SMILES string of the molecule is CC(=O)N(C)CC1CCN(c2ccnc(C)c2)CC1.CC(=O)N(C)CC1CCNCC1.Cc1cc(Cl)ccn1.Cl. The fraction of sp³-hybridized carbons (Fsp3) is 0.600. The molecule has 2 aromatic heterocycles. The second-order valence-electron chi connectivity index (χ2n) is 10.7. The van der Waals surface area contributed by atoms with E-state index >= 15 is 0 Å². The van der Waals surface area contributed by atoms with E-state index in [4.69, 9.17) is 11.6 Å². The van der Waals surface area contributed by atoms with Gasteiger partial charge < -0.3 is 20.0 Å². The maximum absolute atomic E-state index is 11.2. The Labute approximate surface area is 252 Å².